The van der Waals surface area contributed by atoms with E-state index in [4.69, 9.17) is 5.11 Å². The van der Waals surface area contributed by atoms with E-state index in [1.165, 1.54) is 0 Å². The van der Waals surface area contributed by atoms with Gasteiger partial charge in [0.15, 0.2) is 0 Å². The van der Waals surface area contributed by atoms with Crippen LogP contribution in [0.3, 0.4) is 0 Å². The molecular weight excluding hydrogens is 236 g/mol. The predicted molar refractivity (Wildman–Crippen MR) is 67.2 cm³/mol. The Hall–Kier alpha value is -0.940. The number of thiazole rings is 1. The number of likely N-dealkylation sites (tertiary alicyclic amines) is 1. The summed E-state index contributed by atoms with van der Waals surface area (Å²) >= 11 is 1.66. The van der Waals surface area contributed by atoms with Crippen molar-refractivity contribution in [1.82, 2.24) is 9.88 Å². The molecule has 5 heteroatoms. The van der Waals surface area contributed by atoms with Crippen LogP contribution in [-0.4, -0.2) is 34.0 Å². The first kappa shape index (κ1) is 12.5. The Kier molecular flexibility index (Phi) is 3.23. The van der Waals surface area contributed by atoms with Crippen molar-refractivity contribution in [2.45, 2.75) is 32.7 Å². The zero-order valence-electron chi connectivity index (χ0n) is 10.4. The smallest absolute Gasteiger partial charge is 0.309 e. The molecule has 1 fully saturated rings. The largest absolute Gasteiger partial charge is 0.481 e. The van der Waals surface area contributed by atoms with Gasteiger partial charge >= 0.3 is 5.97 Å². The van der Waals surface area contributed by atoms with Crippen LogP contribution in [0.2, 0.25) is 0 Å². The van der Waals surface area contributed by atoms with Crippen molar-refractivity contribution in [3.63, 3.8) is 0 Å². The molecule has 0 aliphatic carbocycles. The summed E-state index contributed by atoms with van der Waals surface area (Å²) in [5.74, 6) is -0.868. The number of carboxylic acid groups (broad SMARTS) is 1. The van der Waals surface area contributed by atoms with Crippen molar-refractivity contribution >= 4 is 17.3 Å². The number of carbonyl (C=O) groups is 1. The first-order valence-electron chi connectivity index (χ1n) is 5.76. The normalized spacial score (nSPS) is 18.1. The van der Waals surface area contributed by atoms with Gasteiger partial charge in [0.25, 0.3) is 0 Å². The van der Waals surface area contributed by atoms with Gasteiger partial charge in [-0.05, 0) is 0 Å². The first-order chi connectivity index (χ1) is 7.86. The Morgan fingerprint density at radius 2 is 2.24 bits per heavy atom. The summed E-state index contributed by atoms with van der Waals surface area (Å²) in [5.41, 5.74) is 1.21. The lowest BCUT2D eigenvalue weighted by atomic mass is 9.93. The van der Waals surface area contributed by atoms with Gasteiger partial charge in [0.2, 0.25) is 0 Å². The van der Waals surface area contributed by atoms with Crippen molar-refractivity contribution in [2.24, 2.45) is 5.92 Å². The molecule has 0 spiro atoms. The summed E-state index contributed by atoms with van der Waals surface area (Å²) in [6.45, 7) is 8.53. The number of hydrogen-bond donors (Lipinski definition) is 1. The number of hydrogen-bond acceptors (Lipinski definition) is 4. The quantitative estimate of drug-likeness (QED) is 0.896. The molecule has 1 aliphatic heterocycles. The monoisotopic (exact) mass is 254 g/mol. The van der Waals surface area contributed by atoms with Gasteiger partial charge in [-0.25, -0.2) is 4.98 Å². The molecule has 1 saturated heterocycles. The highest BCUT2D eigenvalue weighted by atomic mass is 32.1. The second-order valence-electron chi connectivity index (χ2n) is 5.61. The molecule has 17 heavy (non-hydrogen) atoms. The van der Waals surface area contributed by atoms with Crippen molar-refractivity contribution < 1.29 is 9.90 Å². The van der Waals surface area contributed by atoms with Crippen molar-refractivity contribution in [1.29, 1.82) is 0 Å². The number of rotatable bonds is 3. The maximum atomic E-state index is 10.7. The van der Waals surface area contributed by atoms with Gasteiger partial charge < -0.3 is 5.11 Å². The lowest BCUT2D eigenvalue weighted by Gasteiger charge is -2.35. The Morgan fingerprint density at radius 1 is 1.59 bits per heavy atom. The molecule has 1 N–H and O–H groups in total. The Balaban J connectivity index is 1.89. The minimum absolute atomic E-state index is 0.0906. The highest BCUT2D eigenvalue weighted by molar-refractivity contribution is 7.09. The maximum absolute atomic E-state index is 10.7. The van der Waals surface area contributed by atoms with Crippen molar-refractivity contribution in [2.75, 3.05) is 13.1 Å². The van der Waals surface area contributed by atoms with E-state index in [1.807, 2.05) is 0 Å². The lowest BCUT2D eigenvalue weighted by Crippen LogP contribution is -2.49. The average Bonchev–Trinajstić information content (AvgIpc) is 2.57. The fourth-order valence-electron chi connectivity index (χ4n) is 1.77. The summed E-state index contributed by atoms with van der Waals surface area (Å²) < 4.78 is 0. The van der Waals surface area contributed by atoms with Crippen LogP contribution in [0.25, 0.3) is 0 Å². The van der Waals surface area contributed by atoms with E-state index in [1.54, 1.807) is 11.3 Å². The Bertz CT molecular complexity index is 416. The topological polar surface area (TPSA) is 53.4 Å². The second-order valence-corrected chi connectivity index (χ2v) is 6.55. The van der Waals surface area contributed by atoms with Crippen LogP contribution in [0.5, 0.6) is 0 Å². The van der Waals surface area contributed by atoms with Crippen LogP contribution in [0.1, 0.15) is 31.5 Å². The molecule has 2 rings (SSSR count). The molecule has 0 amide bonds. The van der Waals surface area contributed by atoms with Gasteiger partial charge in [-0.2, -0.15) is 0 Å². The third-order valence-electron chi connectivity index (χ3n) is 2.99. The molecule has 94 valence electrons. The van der Waals surface area contributed by atoms with Crippen LogP contribution in [0, 0.1) is 5.92 Å². The van der Waals surface area contributed by atoms with Crippen LogP contribution in [-0.2, 0) is 16.8 Å². The third-order valence-corrected chi connectivity index (χ3v) is 3.82. The van der Waals surface area contributed by atoms with E-state index in [0.29, 0.717) is 13.1 Å². The molecule has 0 atom stereocenters. The Morgan fingerprint density at radius 3 is 2.71 bits per heavy atom. The molecule has 0 radical (unpaired) electrons. The van der Waals surface area contributed by atoms with E-state index < -0.39 is 5.97 Å². The minimum Gasteiger partial charge on any atom is -0.481 e. The highest BCUT2D eigenvalue weighted by Crippen LogP contribution is 2.26. The third kappa shape index (κ3) is 2.84. The van der Waals surface area contributed by atoms with E-state index in [0.717, 1.165) is 17.2 Å². The fraction of sp³-hybridized carbons (Fsp3) is 0.667. The number of aromatic nitrogens is 1. The van der Waals surface area contributed by atoms with E-state index in [2.05, 4.69) is 36.0 Å². The molecule has 2 heterocycles. The molecule has 0 unspecified atom stereocenters. The van der Waals surface area contributed by atoms with Crippen LogP contribution >= 0.6 is 11.3 Å². The van der Waals surface area contributed by atoms with Gasteiger partial charge in [0, 0.05) is 23.9 Å². The molecule has 0 bridgehead atoms. The summed E-state index contributed by atoms with van der Waals surface area (Å²) in [6, 6.07) is 0. The Labute approximate surface area is 105 Å². The molecule has 1 aromatic heterocycles. The highest BCUT2D eigenvalue weighted by Gasteiger charge is 2.32. The van der Waals surface area contributed by atoms with Crippen molar-refractivity contribution in [3.05, 3.63) is 16.1 Å². The van der Waals surface area contributed by atoms with Gasteiger partial charge in [-0.1, -0.05) is 20.8 Å². The number of carboxylic acids is 1. The van der Waals surface area contributed by atoms with Crippen LogP contribution < -0.4 is 0 Å². The second kappa shape index (κ2) is 4.38. The molecule has 0 aromatic carbocycles. The molecular formula is C12H18N2O2S. The van der Waals surface area contributed by atoms with E-state index in [9.17, 15) is 4.79 Å². The average molecular weight is 254 g/mol. The van der Waals surface area contributed by atoms with E-state index >= 15 is 0 Å². The number of nitrogens with zero attached hydrogens (tertiary/aromatic N) is 2. The van der Waals surface area contributed by atoms with Crippen LogP contribution in [0.15, 0.2) is 5.38 Å². The standard InChI is InChI=1S/C12H18N2O2S/c1-12(2,3)9-7-17-10(13-9)6-14-4-8(5-14)11(15)16/h7-8H,4-6H2,1-3H3,(H,15,16). The summed E-state index contributed by atoms with van der Waals surface area (Å²) in [6.07, 6.45) is 0. The zero-order chi connectivity index (χ0) is 12.6. The first-order valence-corrected chi connectivity index (χ1v) is 6.64. The van der Waals surface area contributed by atoms with Gasteiger partial charge in [0.1, 0.15) is 5.01 Å². The molecule has 0 saturated carbocycles. The van der Waals surface area contributed by atoms with Crippen molar-refractivity contribution in [3.8, 4) is 0 Å². The molecule has 1 aliphatic rings. The maximum Gasteiger partial charge on any atom is 0.309 e. The predicted octanol–water partition coefficient (Wildman–Crippen LogP) is 1.96. The summed E-state index contributed by atoms with van der Waals surface area (Å²) in [7, 11) is 0. The van der Waals surface area contributed by atoms with Gasteiger partial charge in [-0.3, -0.25) is 9.69 Å². The van der Waals surface area contributed by atoms with E-state index in [-0.39, 0.29) is 11.3 Å². The van der Waals surface area contributed by atoms with Gasteiger partial charge in [-0.15, -0.1) is 11.3 Å². The summed E-state index contributed by atoms with van der Waals surface area (Å²) in [5, 5.41) is 12.0. The number of aliphatic carboxylic acids is 1. The SMILES string of the molecule is CC(C)(C)c1csc(CN2CC(C(=O)O)C2)n1. The lowest BCUT2D eigenvalue weighted by molar-refractivity contribution is -0.147. The fourth-order valence-corrected chi connectivity index (χ4v) is 2.84. The zero-order valence-corrected chi connectivity index (χ0v) is 11.3. The summed E-state index contributed by atoms with van der Waals surface area (Å²) in [4.78, 5) is 17.4. The molecule has 4 nitrogen and oxygen atoms in total. The van der Waals surface area contributed by atoms with Crippen LogP contribution in [0.4, 0.5) is 0 Å². The van der Waals surface area contributed by atoms with Gasteiger partial charge in [0.05, 0.1) is 18.2 Å². The molecule has 1 aromatic rings. The minimum atomic E-state index is -0.684.